The van der Waals surface area contributed by atoms with Crippen molar-refractivity contribution < 1.29 is 27.8 Å². The predicted molar refractivity (Wildman–Crippen MR) is 124 cm³/mol. The van der Waals surface area contributed by atoms with Crippen molar-refractivity contribution in [2.45, 2.75) is 26.0 Å². The van der Waals surface area contributed by atoms with Crippen LogP contribution in [0.5, 0.6) is 5.75 Å². The maximum absolute atomic E-state index is 13.9. The molecule has 0 spiro atoms. The van der Waals surface area contributed by atoms with Crippen molar-refractivity contribution in [1.82, 2.24) is 14.5 Å². The highest BCUT2D eigenvalue weighted by Crippen LogP contribution is 2.35. The largest absolute Gasteiger partial charge is 0.497 e. The standard InChI is InChI=1S/C26H23F2N3O4/c1-15-11-30(14-29-15)21-7-4-17(8-24(21)33-3)9-25-26(32)31-22(16(2)35-25)12-34-13-23(31)18-5-6-19(27)20(28)10-18/h4-11,13-14,16,22H,12H2,1-3H3/b25-9-/t16-,22+/m0/s1. The molecule has 2 atom stereocenters. The second-order valence-electron chi connectivity index (χ2n) is 8.39. The van der Waals surface area contributed by atoms with Gasteiger partial charge < -0.3 is 18.8 Å². The molecule has 5 rings (SSSR count). The van der Waals surface area contributed by atoms with E-state index in [9.17, 15) is 13.6 Å². The van der Waals surface area contributed by atoms with Crippen LogP contribution in [0, 0.1) is 18.6 Å². The van der Waals surface area contributed by atoms with Crippen LogP contribution in [0.1, 0.15) is 23.7 Å². The van der Waals surface area contributed by atoms with E-state index >= 15 is 0 Å². The number of carbonyl (C=O) groups is 1. The Morgan fingerprint density at radius 1 is 1.17 bits per heavy atom. The zero-order chi connectivity index (χ0) is 24.7. The van der Waals surface area contributed by atoms with E-state index in [1.807, 2.05) is 36.7 Å². The first-order valence-corrected chi connectivity index (χ1v) is 11.0. The van der Waals surface area contributed by atoms with E-state index in [1.165, 1.54) is 17.2 Å². The van der Waals surface area contributed by atoms with Crippen LogP contribution in [0.25, 0.3) is 17.5 Å². The van der Waals surface area contributed by atoms with Crippen LogP contribution in [-0.2, 0) is 14.3 Å². The number of imidazole rings is 1. The summed E-state index contributed by atoms with van der Waals surface area (Å²) < 4.78 is 46.3. The van der Waals surface area contributed by atoms with Crippen molar-refractivity contribution in [3.8, 4) is 11.4 Å². The van der Waals surface area contributed by atoms with E-state index in [4.69, 9.17) is 14.2 Å². The number of aromatic nitrogens is 2. The molecular formula is C26H23F2N3O4. The second-order valence-corrected chi connectivity index (χ2v) is 8.39. The van der Waals surface area contributed by atoms with E-state index in [-0.39, 0.29) is 12.4 Å². The summed E-state index contributed by atoms with van der Waals surface area (Å²) in [4.78, 5) is 19.3. The summed E-state index contributed by atoms with van der Waals surface area (Å²) in [6, 6.07) is 8.58. The van der Waals surface area contributed by atoms with Gasteiger partial charge in [-0.05, 0) is 55.8 Å². The van der Waals surface area contributed by atoms with Gasteiger partial charge in [0.1, 0.15) is 30.8 Å². The maximum Gasteiger partial charge on any atom is 0.293 e. The van der Waals surface area contributed by atoms with Crippen molar-refractivity contribution in [2.24, 2.45) is 0 Å². The molecule has 1 aromatic heterocycles. The number of carbonyl (C=O) groups excluding carboxylic acids is 1. The van der Waals surface area contributed by atoms with Crippen LogP contribution < -0.4 is 4.74 Å². The van der Waals surface area contributed by atoms with Crippen LogP contribution in [-0.4, -0.2) is 46.2 Å². The fourth-order valence-corrected chi connectivity index (χ4v) is 4.25. The Bertz CT molecular complexity index is 1360. The summed E-state index contributed by atoms with van der Waals surface area (Å²) >= 11 is 0. The van der Waals surface area contributed by atoms with Gasteiger partial charge >= 0.3 is 0 Å². The minimum absolute atomic E-state index is 0.123. The number of benzene rings is 2. The molecule has 0 radical (unpaired) electrons. The lowest BCUT2D eigenvalue weighted by Crippen LogP contribution is -2.54. The monoisotopic (exact) mass is 479 g/mol. The quantitative estimate of drug-likeness (QED) is 0.518. The van der Waals surface area contributed by atoms with Crippen molar-refractivity contribution >= 4 is 17.7 Å². The second kappa shape index (κ2) is 8.90. The van der Waals surface area contributed by atoms with Gasteiger partial charge in [-0.25, -0.2) is 13.8 Å². The summed E-state index contributed by atoms with van der Waals surface area (Å²) in [5.74, 6) is -1.65. The summed E-state index contributed by atoms with van der Waals surface area (Å²) in [6.07, 6.45) is 6.21. The average molecular weight is 479 g/mol. The Morgan fingerprint density at radius 3 is 2.71 bits per heavy atom. The summed E-state index contributed by atoms with van der Waals surface area (Å²) in [6.45, 7) is 3.96. The Labute approximate surface area is 200 Å². The van der Waals surface area contributed by atoms with Gasteiger partial charge in [-0.1, -0.05) is 6.07 Å². The molecule has 0 saturated carbocycles. The number of aryl methyl sites for hydroxylation is 1. The van der Waals surface area contributed by atoms with Crippen LogP contribution >= 0.6 is 0 Å². The van der Waals surface area contributed by atoms with E-state index in [1.54, 1.807) is 25.6 Å². The van der Waals surface area contributed by atoms with Crippen LogP contribution in [0.2, 0.25) is 0 Å². The normalized spacial score (nSPS) is 20.7. The Balaban J connectivity index is 1.50. The highest BCUT2D eigenvalue weighted by atomic mass is 19.2. The van der Waals surface area contributed by atoms with Gasteiger partial charge in [-0.3, -0.25) is 9.69 Å². The lowest BCUT2D eigenvalue weighted by atomic mass is 10.0. The Hall–Kier alpha value is -4.14. The van der Waals surface area contributed by atoms with E-state index in [2.05, 4.69) is 4.98 Å². The number of amides is 1. The van der Waals surface area contributed by atoms with Crippen molar-refractivity contribution in [1.29, 1.82) is 0 Å². The van der Waals surface area contributed by atoms with E-state index < -0.39 is 29.7 Å². The number of halogens is 2. The minimum Gasteiger partial charge on any atom is -0.497 e. The molecule has 9 heteroatoms. The number of fused-ring (bicyclic) bond motifs is 1. The molecule has 2 aliphatic rings. The third-order valence-electron chi connectivity index (χ3n) is 6.04. The molecular weight excluding hydrogens is 456 g/mol. The molecule has 3 heterocycles. The molecule has 2 aromatic carbocycles. The Kier molecular flexibility index (Phi) is 5.76. The number of ether oxygens (including phenoxy) is 3. The van der Waals surface area contributed by atoms with Crippen LogP contribution in [0.3, 0.4) is 0 Å². The number of hydrogen-bond donors (Lipinski definition) is 0. The molecule has 0 unspecified atom stereocenters. The number of nitrogens with zero attached hydrogens (tertiary/aromatic N) is 3. The molecule has 35 heavy (non-hydrogen) atoms. The van der Waals surface area contributed by atoms with Crippen molar-refractivity contribution in [3.63, 3.8) is 0 Å². The lowest BCUT2D eigenvalue weighted by Gasteiger charge is -2.43. The third kappa shape index (κ3) is 4.14. The molecule has 0 N–H and O–H groups in total. The summed E-state index contributed by atoms with van der Waals surface area (Å²) in [5.41, 5.74) is 3.05. The molecule has 1 fully saturated rings. The van der Waals surface area contributed by atoms with Gasteiger partial charge in [0.15, 0.2) is 17.4 Å². The number of hydrogen-bond acceptors (Lipinski definition) is 5. The first-order valence-electron chi connectivity index (χ1n) is 11.0. The van der Waals surface area contributed by atoms with Gasteiger partial charge in [0.25, 0.3) is 5.91 Å². The van der Waals surface area contributed by atoms with Gasteiger partial charge in [0, 0.05) is 11.8 Å². The predicted octanol–water partition coefficient (Wildman–Crippen LogP) is 4.45. The van der Waals surface area contributed by atoms with E-state index in [0.717, 1.165) is 23.5 Å². The molecule has 0 aliphatic carbocycles. The number of methoxy groups -OCH3 is 1. The van der Waals surface area contributed by atoms with Crippen molar-refractivity contribution in [2.75, 3.05) is 13.7 Å². The smallest absolute Gasteiger partial charge is 0.293 e. The topological polar surface area (TPSA) is 65.8 Å². The van der Waals surface area contributed by atoms with Crippen molar-refractivity contribution in [3.05, 3.63) is 89.4 Å². The first-order chi connectivity index (χ1) is 16.9. The summed E-state index contributed by atoms with van der Waals surface area (Å²) in [5, 5.41) is 0. The van der Waals surface area contributed by atoms with Gasteiger partial charge in [-0.2, -0.15) is 0 Å². The highest BCUT2D eigenvalue weighted by molar-refractivity contribution is 6.02. The molecule has 180 valence electrons. The van der Waals surface area contributed by atoms with Crippen LogP contribution in [0.4, 0.5) is 8.78 Å². The first kappa shape index (κ1) is 22.6. The SMILES string of the molecule is COc1cc(/C=C2\O[C@@H](C)[C@H]3COC=C(c4ccc(F)c(F)c4)N3C2=O)ccc1-n1cnc(C)c1. The Morgan fingerprint density at radius 2 is 2.00 bits per heavy atom. The fourth-order valence-electron chi connectivity index (χ4n) is 4.25. The molecule has 1 amide bonds. The maximum atomic E-state index is 13.9. The summed E-state index contributed by atoms with van der Waals surface area (Å²) in [7, 11) is 1.57. The third-order valence-corrected chi connectivity index (χ3v) is 6.04. The molecule has 2 aliphatic heterocycles. The minimum atomic E-state index is -1.00. The molecule has 0 bridgehead atoms. The van der Waals surface area contributed by atoms with Gasteiger partial charge in [0.05, 0.1) is 30.5 Å². The molecule has 1 saturated heterocycles. The van der Waals surface area contributed by atoms with Gasteiger partial charge in [-0.15, -0.1) is 0 Å². The average Bonchev–Trinajstić information content (AvgIpc) is 3.29. The number of rotatable bonds is 4. The molecule has 3 aromatic rings. The van der Waals surface area contributed by atoms with E-state index in [0.29, 0.717) is 22.6 Å². The lowest BCUT2D eigenvalue weighted by molar-refractivity contribution is -0.142. The molecule has 7 nitrogen and oxygen atoms in total. The van der Waals surface area contributed by atoms with Gasteiger partial charge in [0.2, 0.25) is 0 Å². The zero-order valence-electron chi connectivity index (χ0n) is 19.4. The fraction of sp³-hybridized carbons (Fsp3) is 0.231. The zero-order valence-corrected chi connectivity index (χ0v) is 19.4. The number of morpholine rings is 1. The van der Waals surface area contributed by atoms with Crippen LogP contribution in [0.15, 0.2) is 60.9 Å². The highest BCUT2D eigenvalue weighted by Gasteiger charge is 2.42.